The first-order valence-electron chi connectivity index (χ1n) is 8.52. The van der Waals surface area contributed by atoms with Gasteiger partial charge in [-0.25, -0.2) is 4.98 Å². The van der Waals surface area contributed by atoms with Gasteiger partial charge in [-0.2, -0.15) is 10.4 Å². The number of ether oxygens (including phenoxy) is 2. The number of hydrogen-bond donors (Lipinski definition) is 1. The van der Waals surface area contributed by atoms with Gasteiger partial charge in [0.05, 0.1) is 44.6 Å². The van der Waals surface area contributed by atoms with Crippen molar-refractivity contribution in [1.29, 1.82) is 5.26 Å². The van der Waals surface area contributed by atoms with Crippen molar-refractivity contribution in [1.82, 2.24) is 9.97 Å². The summed E-state index contributed by atoms with van der Waals surface area (Å²) in [6.07, 6.45) is 4.77. The summed E-state index contributed by atoms with van der Waals surface area (Å²) in [5.41, 5.74) is 5.09. The number of nitriles is 1. The number of hydrazone groups is 1. The predicted octanol–water partition coefficient (Wildman–Crippen LogP) is 3.60. The molecule has 28 heavy (non-hydrogen) atoms. The molecular formula is C21H19N5O2. The second-order valence-corrected chi connectivity index (χ2v) is 5.79. The zero-order chi connectivity index (χ0) is 19.8. The van der Waals surface area contributed by atoms with E-state index in [0.717, 1.165) is 11.1 Å². The molecule has 1 N–H and O–H groups in total. The Bertz CT molecular complexity index is 999. The second kappa shape index (κ2) is 9.14. The maximum Gasteiger partial charge on any atom is 0.165 e. The normalized spacial score (nSPS) is 11.6. The van der Waals surface area contributed by atoms with E-state index in [1.807, 2.05) is 42.5 Å². The molecule has 0 saturated heterocycles. The molecule has 0 aliphatic heterocycles. The van der Waals surface area contributed by atoms with Crippen LogP contribution in [0.1, 0.15) is 22.7 Å². The zero-order valence-electron chi connectivity index (χ0n) is 15.5. The van der Waals surface area contributed by atoms with Gasteiger partial charge in [0.2, 0.25) is 0 Å². The lowest BCUT2D eigenvalue weighted by molar-refractivity contribution is 0.355. The lowest BCUT2D eigenvalue weighted by Crippen LogP contribution is -2.04. The summed E-state index contributed by atoms with van der Waals surface area (Å²) in [7, 11) is 3.17. The third-order valence-electron chi connectivity index (χ3n) is 4.01. The molecule has 3 aromatic rings. The molecule has 7 heteroatoms. The number of rotatable bonds is 7. The largest absolute Gasteiger partial charge is 0.493 e. The second-order valence-electron chi connectivity index (χ2n) is 5.79. The molecule has 1 atom stereocenters. The predicted molar refractivity (Wildman–Crippen MR) is 107 cm³/mol. The van der Waals surface area contributed by atoms with Crippen molar-refractivity contribution >= 4 is 12.0 Å². The molecule has 0 spiro atoms. The monoisotopic (exact) mass is 373 g/mol. The van der Waals surface area contributed by atoms with Crippen LogP contribution in [-0.2, 0) is 0 Å². The Morgan fingerprint density at radius 1 is 1.07 bits per heavy atom. The van der Waals surface area contributed by atoms with Crippen LogP contribution in [0.5, 0.6) is 11.5 Å². The molecule has 0 fully saturated rings. The summed E-state index contributed by atoms with van der Waals surface area (Å²) in [6.45, 7) is 0. The Balaban J connectivity index is 1.75. The van der Waals surface area contributed by atoms with Gasteiger partial charge in [-0.05, 0) is 29.3 Å². The number of benzene rings is 2. The standard InChI is InChI=1S/C21H19N5O2/c1-27-19-9-8-15(10-20(19)28-2)12-24-26-21-14-23-13-18(25-21)17(11-22)16-6-4-3-5-7-16/h3-10,12-14,17H,1-2H3,(H,25,26)/b24-12+. The van der Waals surface area contributed by atoms with E-state index in [9.17, 15) is 5.26 Å². The first-order chi connectivity index (χ1) is 13.7. The minimum atomic E-state index is -0.495. The SMILES string of the molecule is COc1ccc(/C=N/Nc2cncc(C(C#N)c3ccccc3)n2)cc1OC. The van der Waals surface area contributed by atoms with Gasteiger partial charge in [0.15, 0.2) is 17.3 Å². The molecule has 2 aromatic carbocycles. The number of aromatic nitrogens is 2. The fourth-order valence-electron chi connectivity index (χ4n) is 2.64. The van der Waals surface area contributed by atoms with Gasteiger partial charge in [-0.15, -0.1) is 0 Å². The minimum Gasteiger partial charge on any atom is -0.493 e. The average molecular weight is 373 g/mol. The van der Waals surface area contributed by atoms with Crippen molar-refractivity contribution < 1.29 is 9.47 Å². The van der Waals surface area contributed by atoms with E-state index < -0.39 is 5.92 Å². The van der Waals surface area contributed by atoms with Crippen LogP contribution >= 0.6 is 0 Å². The smallest absolute Gasteiger partial charge is 0.165 e. The summed E-state index contributed by atoms with van der Waals surface area (Å²) in [6, 6.07) is 17.2. The van der Waals surface area contributed by atoms with Crippen molar-refractivity contribution in [3.05, 3.63) is 77.7 Å². The summed E-state index contributed by atoms with van der Waals surface area (Å²) in [4.78, 5) is 8.63. The van der Waals surface area contributed by atoms with Crippen molar-refractivity contribution in [3.63, 3.8) is 0 Å². The highest BCUT2D eigenvalue weighted by Crippen LogP contribution is 2.27. The topological polar surface area (TPSA) is 92.4 Å². The van der Waals surface area contributed by atoms with Crippen molar-refractivity contribution in [3.8, 4) is 17.6 Å². The Hall–Kier alpha value is -3.92. The molecule has 7 nitrogen and oxygen atoms in total. The number of methoxy groups -OCH3 is 2. The molecule has 140 valence electrons. The van der Waals surface area contributed by atoms with Crippen molar-refractivity contribution in [2.24, 2.45) is 5.10 Å². The lowest BCUT2D eigenvalue weighted by atomic mass is 9.98. The summed E-state index contributed by atoms with van der Waals surface area (Å²) < 4.78 is 10.5. The number of anilines is 1. The van der Waals surface area contributed by atoms with Crippen LogP contribution in [0.15, 0.2) is 66.0 Å². The van der Waals surface area contributed by atoms with E-state index in [0.29, 0.717) is 23.0 Å². The Kier molecular flexibility index (Phi) is 6.16. The highest BCUT2D eigenvalue weighted by molar-refractivity contribution is 5.81. The van der Waals surface area contributed by atoms with E-state index in [2.05, 4.69) is 26.6 Å². The molecule has 0 bridgehead atoms. The molecule has 0 radical (unpaired) electrons. The van der Waals surface area contributed by atoms with Crippen LogP contribution in [0.4, 0.5) is 5.82 Å². The highest BCUT2D eigenvalue weighted by atomic mass is 16.5. The number of hydrogen-bond acceptors (Lipinski definition) is 7. The van der Waals surface area contributed by atoms with Gasteiger partial charge in [-0.3, -0.25) is 10.4 Å². The summed E-state index contributed by atoms with van der Waals surface area (Å²) in [5, 5.41) is 13.7. The van der Waals surface area contributed by atoms with Gasteiger partial charge in [-0.1, -0.05) is 30.3 Å². The number of nitrogens with zero attached hydrogens (tertiary/aromatic N) is 4. The van der Waals surface area contributed by atoms with E-state index in [1.54, 1.807) is 38.9 Å². The molecular weight excluding hydrogens is 354 g/mol. The maximum absolute atomic E-state index is 9.55. The Morgan fingerprint density at radius 2 is 1.86 bits per heavy atom. The molecule has 1 heterocycles. The van der Waals surface area contributed by atoms with Gasteiger partial charge in [0, 0.05) is 0 Å². The molecule has 0 aliphatic carbocycles. The van der Waals surface area contributed by atoms with E-state index in [1.165, 1.54) is 0 Å². The lowest BCUT2D eigenvalue weighted by Gasteiger charge is -2.09. The maximum atomic E-state index is 9.55. The van der Waals surface area contributed by atoms with Gasteiger partial charge < -0.3 is 9.47 Å². The van der Waals surface area contributed by atoms with Crippen LogP contribution in [0.2, 0.25) is 0 Å². The van der Waals surface area contributed by atoms with Crippen LogP contribution in [-0.4, -0.2) is 30.4 Å². The Morgan fingerprint density at radius 3 is 2.57 bits per heavy atom. The molecule has 1 unspecified atom stereocenters. The Labute approximate surface area is 163 Å². The molecule has 3 rings (SSSR count). The first-order valence-corrected chi connectivity index (χ1v) is 8.52. The summed E-state index contributed by atoms with van der Waals surface area (Å²) >= 11 is 0. The minimum absolute atomic E-state index is 0.449. The van der Waals surface area contributed by atoms with Crippen LogP contribution < -0.4 is 14.9 Å². The first kappa shape index (κ1) is 18.9. The third-order valence-corrected chi connectivity index (χ3v) is 4.01. The molecule has 0 amide bonds. The fraction of sp³-hybridized carbons (Fsp3) is 0.143. The molecule has 0 saturated carbocycles. The molecule has 1 aromatic heterocycles. The van der Waals surface area contributed by atoms with Gasteiger partial charge >= 0.3 is 0 Å². The van der Waals surface area contributed by atoms with Crippen LogP contribution in [0.25, 0.3) is 0 Å². The van der Waals surface area contributed by atoms with Crippen LogP contribution in [0, 0.1) is 11.3 Å². The number of nitrogens with one attached hydrogen (secondary N) is 1. The van der Waals surface area contributed by atoms with Gasteiger partial charge in [0.1, 0.15) is 5.92 Å². The average Bonchev–Trinajstić information content (AvgIpc) is 2.75. The van der Waals surface area contributed by atoms with E-state index in [4.69, 9.17) is 9.47 Å². The fourth-order valence-corrected chi connectivity index (χ4v) is 2.64. The summed E-state index contributed by atoms with van der Waals surface area (Å²) in [5.74, 6) is 1.22. The van der Waals surface area contributed by atoms with Crippen molar-refractivity contribution in [2.75, 3.05) is 19.6 Å². The van der Waals surface area contributed by atoms with Gasteiger partial charge in [0.25, 0.3) is 0 Å². The van der Waals surface area contributed by atoms with Crippen molar-refractivity contribution in [2.45, 2.75) is 5.92 Å². The third kappa shape index (κ3) is 4.43. The van der Waals surface area contributed by atoms with E-state index >= 15 is 0 Å². The van der Waals surface area contributed by atoms with Crippen LogP contribution in [0.3, 0.4) is 0 Å². The molecule has 0 aliphatic rings. The highest BCUT2D eigenvalue weighted by Gasteiger charge is 2.15. The van der Waals surface area contributed by atoms with E-state index in [-0.39, 0.29) is 0 Å². The zero-order valence-corrected chi connectivity index (χ0v) is 15.5. The quantitative estimate of drug-likeness (QED) is 0.502.